The Morgan fingerprint density at radius 1 is 1.03 bits per heavy atom. The van der Waals surface area contributed by atoms with E-state index in [2.05, 4.69) is 20.0 Å². The number of imide groups is 1. The Labute approximate surface area is 172 Å². The molecule has 0 saturated carbocycles. The highest BCUT2D eigenvalue weighted by Gasteiger charge is 2.45. The van der Waals surface area contributed by atoms with Crippen molar-refractivity contribution in [1.82, 2.24) is 20.2 Å². The van der Waals surface area contributed by atoms with Crippen LogP contribution in [0.1, 0.15) is 54.3 Å². The van der Waals surface area contributed by atoms with E-state index in [9.17, 15) is 24.6 Å². The molecule has 160 valence electrons. The normalized spacial score (nSPS) is 16.8. The molecule has 1 fully saturated rings. The van der Waals surface area contributed by atoms with Crippen molar-refractivity contribution in [2.75, 3.05) is 13.1 Å². The summed E-state index contributed by atoms with van der Waals surface area (Å²) in [6.45, 7) is 7.34. The lowest BCUT2D eigenvalue weighted by atomic mass is 10.1. The number of phenols is 2. The maximum Gasteiger partial charge on any atom is 0.293 e. The quantitative estimate of drug-likeness (QED) is 0.375. The van der Waals surface area contributed by atoms with Crippen LogP contribution in [0.3, 0.4) is 0 Å². The summed E-state index contributed by atoms with van der Waals surface area (Å²) in [7, 11) is 0. The van der Waals surface area contributed by atoms with Crippen LogP contribution in [0.5, 0.6) is 11.5 Å². The van der Waals surface area contributed by atoms with Crippen molar-refractivity contribution in [3.63, 3.8) is 0 Å². The summed E-state index contributed by atoms with van der Waals surface area (Å²) in [5.74, 6) is -1.99. The van der Waals surface area contributed by atoms with Crippen molar-refractivity contribution in [3.05, 3.63) is 23.5 Å². The van der Waals surface area contributed by atoms with E-state index in [4.69, 9.17) is 0 Å². The standard InChI is InChI=1S/C15H14N4O4.C5H10O2/c20-12-8-9(13(21)11-10(12)17-5-6-18-11)15(23)19(14(8)22)7-1-3-16-4-2-7;1-5(2,3)7-4-6/h5-7,16,20-21H,1-4H2;4H,1-3H3. The van der Waals surface area contributed by atoms with Crippen LogP contribution in [0, 0.1) is 0 Å². The second-order valence-corrected chi connectivity index (χ2v) is 7.99. The lowest BCUT2D eigenvalue weighted by Crippen LogP contribution is -2.45. The first kappa shape index (κ1) is 21.4. The van der Waals surface area contributed by atoms with Crippen molar-refractivity contribution in [2.24, 2.45) is 0 Å². The third-order valence-corrected chi connectivity index (χ3v) is 4.81. The summed E-state index contributed by atoms with van der Waals surface area (Å²) >= 11 is 0. The second-order valence-electron chi connectivity index (χ2n) is 7.99. The third-order valence-electron chi connectivity index (χ3n) is 4.81. The summed E-state index contributed by atoms with van der Waals surface area (Å²) in [5.41, 5.74) is -0.658. The number of nitrogens with zero attached hydrogens (tertiary/aromatic N) is 3. The molecule has 2 aliphatic rings. The van der Waals surface area contributed by atoms with Crippen molar-refractivity contribution >= 4 is 29.3 Å². The van der Waals surface area contributed by atoms with Crippen LogP contribution in [0.4, 0.5) is 0 Å². The fourth-order valence-corrected chi connectivity index (χ4v) is 3.45. The molecule has 1 aromatic carbocycles. The maximum atomic E-state index is 12.7. The molecule has 0 atom stereocenters. The first-order valence-corrected chi connectivity index (χ1v) is 9.56. The van der Waals surface area contributed by atoms with E-state index in [0.717, 1.165) is 4.90 Å². The van der Waals surface area contributed by atoms with Crippen LogP contribution in [0.2, 0.25) is 0 Å². The highest BCUT2D eigenvalue weighted by atomic mass is 16.5. The molecular weight excluding hydrogens is 392 g/mol. The Morgan fingerprint density at radius 3 is 1.87 bits per heavy atom. The Morgan fingerprint density at radius 2 is 1.50 bits per heavy atom. The van der Waals surface area contributed by atoms with Crippen LogP contribution in [-0.4, -0.2) is 68.1 Å². The number of ether oxygens (including phenoxy) is 1. The summed E-state index contributed by atoms with van der Waals surface area (Å²) in [6, 6.07) is -0.244. The van der Waals surface area contributed by atoms with E-state index in [-0.39, 0.29) is 33.8 Å². The number of fused-ring (bicyclic) bond motifs is 2. The van der Waals surface area contributed by atoms with E-state index in [1.54, 1.807) is 0 Å². The minimum absolute atomic E-state index is 0.0112. The molecule has 4 rings (SSSR count). The molecule has 2 aromatic rings. The number of nitrogens with one attached hydrogen (secondary N) is 1. The van der Waals surface area contributed by atoms with Gasteiger partial charge in [0.2, 0.25) is 0 Å². The van der Waals surface area contributed by atoms with Crippen molar-refractivity contribution in [2.45, 2.75) is 45.3 Å². The van der Waals surface area contributed by atoms with Gasteiger partial charge in [0.25, 0.3) is 18.3 Å². The van der Waals surface area contributed by atoms with Gasteiger partial charge in [-0.15, -0.1) is 0 Å². The Bertz CT molecular complexity index is 934. The van der Waals surface area contributed by atoms with E-state index in [1.165, 1.54) is 12.4 Å². The number of aromatic nitrogens is 2. The van der Waals surface area contributed by atoms with Gasteiger partial charge in [0.1, 0.15) is 27.8 Å². The molecule has 2 amide bonds. The molecule has 0 spiro atoms. The van der Waals surface area contributed by atoms with Crippen molar-refractivity contribution in [3.8, 4) is 11.5 Å². The summed E-state index contributed by atoms with van der Waals surface area (Å²) in [6.07, 6.45) is 3.98. The summed E-state index contributed by atoms with van der Waals surface area (Å²) < 4.78 is 4.55. The number of carbonyl (C=O) groups excluding carboxylic acids is 3. The zero-order valence-electron chi connectivity index (χ0n) is 17.0. The first-order valence-electron chi connectivity index (χ1n) is 9.56. The topological polar surface area (TPSA) is 142 Å². The van der Waals surface area contributed by atoms with E-state index < -0.39 is 23.3 Å². The summed E-state index contributed by atoms with van der Waals surface area (Å²) in [5, 5.41) is 23.9. The number of aromatic hydroxyl groups is 2. The number of hydrogen-bond acceptors (Lipinski definition) is 9. The molecule has 0 aliphatic carbocycles. The van der Waals surface area contributed by atoms with Gasteiger partial charge in [-0.05, 0) is 46.7 Å². The highest BCUT2D eigenvalue weighted by Crippen LogP contribution is 2.43. The molecule has 3 N–H and O–H groups in total. The number of hydrogen-bond donors (Lipinski definition) is 3. The molecule has 30 heavy (non-hydrogen) atoms. The summed E-state index contributed by atoms with van der Waals surface area (Å²) in [4.78, 5) is 44.0. The second kappa shape index (κ2) is 8.23. The monoisotopic (exact) mass is 416 g/mol. The Kier molecular flexibility index (Phi) is 5.88. The molecule has 10 heteroatoms. The van der Waals surface area contributed by atoms with Gasteiger partial charge in [0.05, 0.1) is 0 Å². The van der Waals surface area contributed by atoms with Crippen molar-refractivity contribution in [1.29, 1.82) is 0 Å². The van der Waals surface area contributed by atoms with Gasteiger partial charge in [0.15, 0.2) is 11.5 Å². The largest absolute Gasteiger partial charge is 0.505 e. The molecule has 10 nitrogen and oxygen atoms in total. The zero-order valence-corrected chi connectivity index (χ0v) is 17.0. The Balaban J connectivity index is 0.000000318. The van der Waals surface area contributed by atoms with Crippen LogP contribution in [0.25, 0.3) is 11.0 Å². The van der Waals surface area contributed by atoms with Gasteiger partial charge in [-0.1, -0.05) is 0 Å². The van der Waals surface area contributed by atoms with Gasteiger partial charge in [-0.2, -0.15) is 0 Å². The highest BCUT2D eigenvalue weighted by molar-refractivity contribution is 6.26. The SMILES string of the molecule is CC(C)(C)OC=O.O=C1c2c(c(O)c3nccnc3c2O)C(=O)N1C1CCNCC1. The fourth-order valence-electron chi connectivity index (χ4n) is 3.45. The molecular formula is C20H24N4O6. The Hall–Kier alpha value is -3.27. The predicted octanol–water partition coefficient (Wildman–Crippen LogP) is 1.35. The number of amides is 2. The van der Waals surface area contributed by atoms with E-state index in [1.807, 2.05) is 20.8 Å². The van der Waals surface area contributed by atoms with Gasteiger partial charge in [-0.25, -0.2) is 9.97 Å². The number of phenolic OH excluding ortho intramolecular Hbond substituents is 2. The smallest absolute Gasteiger partial charge is 0.293 e. The fraction of sp³-hybridized carbons (Fsp3) is 0.450. The van der Waals surface area contributed by atoms with Gasteiger partial charge in [0, 0.05) is 18.4 Å². The average molecular weight is 416 g/mol. The third kappa shape index (κ3) is 3.90. The first-order chi connectivity index (χ1) is 14.2. The van der Waals surface area contributed by atoms with E-state index >= 15 is 0 Å². The van der Waals surface area contributed by atoms with Crippen LogP contribution in [0.15, 0.2) is 12.4 Å². The maximum absolute atomic E-state index is 12.7. The number of rotatable bonds is 2. The lowest BCUT2D eigenvalue weighted by Gasteiger charge is -2.29. The molecule has 2 aliphatic heterocycles. The van der Waals surface area contributed by atoms with Crippen LogP contribution >= 0.6 is 0 Å². The zero-order chi connectivity index (χ0) is 22.1. The number of benzene rings is 1. The molecule has 0 radical (unpaired) electrons. The minimum atomic E-state index is -0.586. The van der Waals surface area contributed by atoms with E-state index in [0.29, 0.717) is 32.4 Å². The number of carbonyl (C=O) groups is 3. The minimum Gasteiger partial charge on any atom is -0.505 e. The molecule has 3 heterocycles. The van der Waals surface area contributed by atoms with Crippen LogP contribution in [-0.2, 0) is 9.53 Å². The molecule has 0 bridgehead atoms. The molecule has 1 saturated heterocycles. The van der Waals surface area contributed by atoms with Gasteiger partial charge < -0.3 is 20.3 Å². The van der Waals surface area contributed by atoms with Crippen molar-refractivity contribution < 1.29 is 29.3 Å². The predicted molar refractivity (Wildman–Crippen MR) is 106 cm³/mol. The van der Waals surface area contributed by atoms with Gasteiger partial charge >= 0.3 is 0 Å². The lowest BCUT2D eigenvalue weighted by molar-refractivity contribution is -0.138. The number of piperidine rings is 1. The molecule has 1 aromatic heterocycles. The average Bonchev–Trinajstić information content (AvgIpc) is 2.97. The van der Waals surface area contributed by atoms with Crippen LogP contribution < -0.4 is 5.32 Å². The molecule has 0 unspecified atom stereocenters. The van der Waals surface area contributed by atoms with Gasteiger partial charge in [-0.3, -0.25) is 19.3 Å².